The molecule has 2 saturated heterocycles. The van der Waals surface area contributed by atoms with Gasteiger partial charge < -0.3 is 15.5 Å². The predicted molar refractivity (Wildman–Crippen MR) is 102 cm³/mol. The van der Waals surface area contributed by atoms with E-state index in [1.807, 2.05) is 12.1 Å². The Morgan fingerprint density at radius 1 is 1.28 bits per heavy atom. The van der Waals surface area contributed by atoms with Crippen LogP contribution in [-0.4, -0.2) is 37.1 Å². The van der Waals surface area contributed by atoms with Crippen molar-refractivity contribution >= 4 is 38.3 Å². The number of anilines is 2. The van der Waals surface area contributed by atoms with Crippen LogP contribution in [0, 0.1) is 11.3 Å². The van der Waals surface area contributed by atoms with E-state index in [9.17, 15) is 4.79 Å². The zero-order valence-electron chi connectivity index (χ0n) is 14.4. The number of carbonyl (C=O) groups is 1. The Hall–Kier alpha value is -1.66. The second-order valence-corrected chi connectivity index (χ2v) is 8.74. The minimum atomic E-state index is 0.200. The average molecular weight is 356 g/mol. The standard InChI is InChI=1S/C19H24N4OS/c24-17(14-12-19(14)5-7-20-8-6-19)21-13-3-4-15-16(11-13)25-18(22-15)23-9-1-2-10-23/h3-4,11,14,20H,1-2,5-10,12H2,(H,21,24). The van der Waals surface area contributed by atoms with Gasteiger partial charge in [-0.25, -0.2) is 4.98 Å². The first kappa shape index (κ1) is 15.6. The maximum Gasteiger partial charge on any atom is 0.228 e. The van der Waals surface area contributed by atoms with Crippen LogP contribution in [0.4, 0.5) is 10.8 Å². The van der Waals surface area contributed by atoms with Crippen LogP contribution in [0.1, 0.15) is 32.1 Å². The number of amides is 1. The zero-order chi connectivity index (χ0) is 16.9. The van der Waals surface area contributed by atoms with Crippen LogP contribution in [0.2, 0.25) is 0 Å². The minimum absolute atomic E-state index is 0.200. The predicted octanol–water partition coefficient (Wildman–Crippen LogP) is 3.22. The molecule has 0 radical (unpaired) electrons. The number of rotatable bonds is 3. The molecule has 5 rings (SSSR count). The van der Waals surface area contributed by atoms with E-state index in [-0.39, 0.29) is 17.2 Å². The molecule has 1 aromatic carbocycles. The lowest BCUT2D eigenvalue weighted by molar-refractivity contribution is -0.118. The second-order valence-electron chi connectivity index (χ2n) is 7.73. The van der Waals surface area contributed by atoms with Crippen molar-refractivity contribution < 1.29 is 4.79 Å². The van der Waals surface area contributed by atoms with Gasteiger partial charge in [0.1, 0.15) is 0 Å². The van der Waals surface area contributed by atoms with Crippen LogP contribution in [-0.2, 0) is 4.79 Å². The molecule has 132 valence electrons. The van der Waals surface area contributed by atoms with Crippen LogP contribution in [0.25, 0.3) is 10.2 Å². The van der Waals surface area contributed by atoms with Crippen molar-refractivity contribution in [1.82, 2.24) is 10.3 Å². The molecule has 0 bridgehead atoms. The number of nitrogens with one attached hydrogen (secondary N) is 2. The summed E-state index contributed by atoms with van der Waals surface area (Å²) in [7, 11) is 0. The highest BCUT2D eigenvalue weighted by molar-refractivity contribution is 7.22. The molecule has 1 aliphatic carbocycles. The lowest BCUT2D eigenvalue weighted by atomic mass is 9.92. The van der Waals surface area contributed by atoms with Crippen molar-refractivity contribution in [3.05, 3.63) is 18.2 Å². The fourth-order valence-corrected chi connectivity index (χ4v) is 5.52. The Balaban J connectivity index is 1.30. The summed E-state index contributed by atoms with van der Waals surface area (Å²) in [6.45, 7) is 4.33. The first-order valence-corrected chi connectivity index (χ1v) is 10.2. The Kier molecular flexibility index (Phi) is 3.71. The van der Waals surface area contributed by atoms with Crippen molar-refractivity contribution in [3.63, 3.8) is 0 Å². The van der Waals surface area contributed by atoms with Gasteiger partial charge in [0, 0.05) is 24.7 Å². The molecule has 3 heterocycles. The number of piperidine rings is 1. The molecule has 1 saturated carbocycles. The maximum absolute atomic E-state index is 12.6. The van der Waals surface area contributed by atoms with Gasteiger partial charge in [-0.3, -0.25) is 4.79 Å². The van der Waals surface area contributed by atoms with Gasteiger partial charge in [-0.2, -0.15) is 0 Å². The van der Waals surface area contributed by atoms with Gasteiger partial charge in [-0.05, 0) is 68.8 Å². The van der Waals surface area contributed by atoms with E-state index in [0.29, 0.717) is 0 Å². The largest absolute Gasteiger partial charge is 0.348 e. The van der Waals surface area contributed by atoms with E-state index >= 15 is 0 Å². The molecule has 2 N–H and O–H groups in total. The second kappa shape index (κ2) is 5.95. The lowest BCUT2D eigenvalue weighted by Crippen LogP contribution is -2.31. The molecule has 1 aromatic heterocycles. The molecule has 3 aliphatic rings. The number of hydrogen-bond donors (Lipinski definition) is 2. The average Bonchev–Trinajstić information content (AvgIpc) is 3.02. The molecular weight excluding hydrogens is 332 g/mol. The Labute approximate surface area is 151 Å². The number of carbonyl (C=O) groups excluding carboxylic acids is 1. The van der Waals surface area contributed by atoms with Gasteiger partial charge in [0.05, 0.1) is 10.2 Å². The molecule has 1 atom stereocenters. The summed E-state index contributed by atoms with van der Waals surface area (Å²) in [5.74, 6) is 0.400. The molecule has 3 fully saturated rings. The summed E-state index contributed by atoms with van der Waals surface area (Å²) in [6.07, 6.45) is 5.85. The smallest absolute Gasteiger partial charge is 0.228 e. The van der Waals surface area contributed by atoms with Gasteiger partial charge in [0.2, 0.25) is 5.91 Å². The van der Waals surface area contributed by atoms with Crippen molar-refractivity contribution in [1.29, 1.82) is 0 Å². The number of thiazole rings is 1. The number of aromatic nitrogens is 1. The van der Waals surface area contributed by atoms with Crippen LogP contribution in [0.3, 0.4) is 0 Å². The minimum Gasteiger partial charge on any atom is -0.348 e. The van der Waals surface area contributed by atoms with Gasteiger partial charge in [-0.15, -0.1) is 0 Å². The zero-order valence-corrected chi connectivity index (χ0v) is 15.2. The molecule has 2 aliphatic heterocycles. The van der Waals surface area contributed by atoms with Crippen LogP contribution in [0.15, 0.2) is 18.2 Å². The van der Waals surface area contributed by atoms with Crippen LogP contribution >= 0.6 is 11.3 Å². The third-order valence-corrected chi connectivity index (χ3v) is 7.21. The highest BCUT2D eigenvalue weighted by Crippen LogP contribution is 2.58. The van der Waals surface area contributed by atoms with Crippen molar-refractivity contribution in [3.8, 4) is 0 Å². The highest BCUT2D eigenvalue weighted by Gasteiger charge is 2.57. The van der Waals surface area contributed by atoms with Gasteiger partial charge in [0.15, 0.2) is 5.13 Å². The Morgan fingerprint density at radius 2 is 2.08 bits per heavy atom. The maximum atomic E-state index is 12.6. The quantitative estimate of drug-likeness (QED) is 0.887. The summed E-state index contributed by atoms with van der Waals surface area (Å²) in [5.41, 5.74) is 2.23. The summed E-state index contributed by atoms with van der Waals surface area (Å²) in [6, 6.07) is 6.11. The first-order chi connectivity index (χ1) is 12.2. The molecule has 1 unspecified atom stereocenters. The molecule has 25 heavy (non-hydrogen) atoms. The molecular formula is C19H24N4OS. The summed E-state index contributed by atoms with van der Waals surface area (Å²) in [4.78, 5) is 19.8. The number of fused-ring (bicyclic) bond motifs is 1. The van der Waals surface area contributed by atoms with E-state index in [1.54, 1.807) is 11.3 Å². The molecule has 2 aromatic rings. The van der Waals surface area contributed by atoms with Gasteiger partial charge >= 0.3 is 0 Å². The van der Waals surface area contributed by atoms with Crippen molar-refractivity contribution in [2.45, 2.75) is 32.1 Å². The fourth-order valence-electron chi connectivity index (χ4n) is 4.46. The first-order valence-electron chi connectivity index (χ1n) is 9.41. The summed E-state index contributed by atoms with van der Waals surface area (Å²) >= 11 is 1.74. The highest BCUT2D eigenvalue weighted by atomic mass is 32.1. The van der Waals surface area contributed by atoms with E-state index < -0.39 is 0 Å². The van der Waals surface area contributed by atoms with Gasteiger partial charge in [0.25, 0.3) is 0 Å². The summed E-state index contributed by atoms with van der Waals surface area (Å²) in [5, 5.41) is 7.66. The van der Waals surface area contributed by atoms with Gasteiger partial charge in [-0.1, -0.05) is 11.3 Å². The SMILES string of the molecule is O=C(Nc1ccc2nc(N3CCCC3)sc2c1)C1CC12CCNCC2. The molecule has 5 nitrogen and oxygen atoms in total. The molecule has 6 heteroatoms. The van der Waals surface area contributed by atoms with E-state index in [4.69, 9.17) is 4.98 Å². The number of nitrogens with zero attached hydrogens (tertiary/aromatic N) is 2. The normalized spacial score (nSPS) is 24.8. The Bertz CT molecular complexity index is 805. The van der Waals surface area contributed by atoms with Crippen molar-refractivity contribution in [2.75, 3.05) is 36.4 Å². The van der Waals surface area contributed by atoms with Crippen molar-refractivity contribution in [2.24, 2.45) is 11.3 Å². The van der Waals surface area contributed by atoms with Crippen LogP contribution in [0.5, 0.6) is 0 Å². The van der Waals surface area contributed by atoms with E-state index in [2.05, 4.69) is 21.6 Å². The van der Waals surface area contributed by atoms with Crippen LogP contribution < -0.4 is 15.5 Å². The fraction of sp³-hybridized carbons (Fsp3) is 0.579. The third kappa shape index (κ3) is 2.81. The summed E-state index contributed by atoms with van der Waals surface area (Å²) < 4.78 is 1.16. The third-order valence-electron chi connectivity index (χ3n) is 6.13. The topological polar surface area (TPSA) is 57.3 Å². The molecule has 1 amide bonds. The lowest BCUT2D eigenvalue weighted by Gasteiger charge is -2.23. The number of hydrogen-bond acceptors (Lipinski definition) is 5. The van der Waals surface area contributed by atoms with E-state index in [1.165, 1.54) is 12.8 Å². The Morgan fingerprint density at radius 3 is 2.88 bits per heavy atom. The number of benzene rings is 1. The molecule has 1 spiro atoms. The monoisotopic (exact) mass is 356 g/mol. The van der Waals surface area contributed by atoms with E-state index in [0.717, 1.165) is 66.5 Å².